The third-order valence-electron chi connectivity index (χ3n) is 2.45. The van der Waals surface area contributed by atoms with E-state index in [-0.39, 0.29) is 6.61 Å². The number of hydrogen-bond acceptors (Lipinski definition) is 4. The van der Waals surface area contributed by atoms with Gasteiger partial charge in [0.1, 0.15) is 5.15 Å². The number of aliphatic hydroxyl groups is 1. The molecule has 0 aliphatic heterocycles. The normalized spacial score (nSPS) is 11.1. The standard InChI is InChI=1S/C11H20ClN3O2/c1-9-10(11(12)15(2)14-9)8-13-4-3-6-17-7-5-16/h13,16H,3-8H2,1-2H3. The molecule has 0 unspecified atom stereocenters. The van der Waals surface area contributed by atoms with Crippen LogP contribution in [0.3, 0.4) is 0 Å². The van der Waals surface area contributed by atoms with Gasteiger partial charge in [0.25, 0.3) is 0 Å². The monoisotopic (exact) mass is 261 g/mol. The molecule has 1 heterocycles. The molecule has 5 nitrogen and oxygen atoms in total. The minimum Gasteiger partial charge on any atom is -0.394 e. The molecule has 1 aromatic heterocycles. The second kappa shape index (κ2) is 7.66. The van der Waals surface area contributed by atoms with Crippen molar-refractivity contribution in [1.82, 2.24) is 15.1 Å². The van der Waals surface area contributed by atoms with Gasteiger partial charge in [-0.05, 0) is 19.9 Å². The number of aromatic nitrogens is 2. The minimum absolute atomic E-state index is 0.0813. The van der Waals surface area contributed by atoms with Crippen LogP contribution in [0.15, 0.2) is 0 Å². The van der Waals surface area contributed by atoms with Gasteiger partial charge in [0.15, 0.2) is 0 Å². The highest BCUT2D eigenvalue weighted by Gasteiger charge is 2.09. The van der Waals surface area contributed by atoms with Crippen LogP contribution in [0.25, 0.3) is 0 Å². The summed E-state index contributed by atoms with van der Waals surface area (Å²) in [6.07, 6.45) is 0.914. The van der Waals surface area contributed by atoms with Crippen LogP contribution in [0.4, 0.5) is 0 Å². The summed E-state index contributed by atoms with van der Waals surface area (Å²) >= 11 is 6.10. The van der Waals surface area contributed by atoms with E-state index in [2.05, 4.69) is 10.4 Å². The summed E-state index contributed by atoms with van der Waals surface area (Å²) in [7, 11) is 1.83. The fourth-order valence-corrected chi connectivity index (χ4v) is 1.80. The molecule has 0 aliphatic rings. The molecule has 0 bridgehead atoms. The number of nitrogens with one attached hydrogen (secondary N) is 1. The van der Waals surface area contributed by atoms with E-state index in [4.69, 9.17) is 21.4 Å². The fraction of sp³-hybridized carbons (Fsp3) is 0.727. The summed E-state index contributed by atoms with van der Waals surface area (Å²) in [4.78, 5) is 0. The predicted octanol–water partition coefficient (Wildman–Crippen LogP) is 0.871. The second-order valence-corrected chi connectivity index (χ2v) is 4.20. The Bertz CT molecular complexity index is 342. The number of aliphatic hydroxyl groups excluding tert-OH is 1. The first-order valence-corrected chi connectivity index (χ1v) is 6.12. The molecule has 1 rings (SSSR count). The molecule has 1 aromatic rings. The zero-order valence-corrected chi connectivity index (χ0v) is 11.1. The lowest BCUT2D eigenvalue weighted by molar-refractivity contribution is 0.0907. The van der Waals surface area contributed by atoms with Crippen molar-refractivity contribution in [1.29, 1.82) is 0 Å². The van der Waals surface area contributed by atoms with E-state index in [1.807, 2.05) is 14.0 Å². The topological polar surface area (TPSA) is 59.3 Å². The zero-order chi connectivity index (χ0) is 12.7. The van der Waals surface area contributed by atoms with Crippen molar-refractivity contribution >= 4 is 11.6 Å². The van der Waals surface area contributed by atoms with Gasteiger partial charge in [0.2, 0.25) is 0 Å². The lowest BCUT2D eigenvalue weighted by Gasteiger charge is -2.05. The molecule has 0 aromatic carbocycles. The largest absolute Gasteiger partial charge is 0.394 e. The molecule has 0 amide bonds. The number of halogens is 1. The van der Waals surface area contributed by atoms with Gasteiger partial charge >= 0.3 is 0 Å². The summed E-state index contributed by atoms with van der Waals surface area (Å²) < 4.78 is 6.83. The molecule has 0 fully saturated rings. The first kappa shape index (κ1) is 14.4. The molecule has 0 saturated heterocycles. The highest BCUT2D eigenvalue weighted by atomic mass is 35.5. The van der Waals surface area contributed by atoms with Gasteiger partial charge in [-0.15, -0.1) is 0 Å². The maximum Gasteiger partial charge on any atom is 0.131 e. The Morgan fingerprint density at radius 2 is 2.24 bits per heavy atom. The number of rotatable bonds is 8. The van der Waals surface area contributed by atoms with Crippen LogP contribution in [0.2, 0.25) is 5.15 Å². The Balaban J connectivity index is 2.18. The SMILES string of the molecule is Cc1nn(C)c(Cl)c1CNCCCOCCO. The third kappa shape index (κ3) is 4.63. The van der Waals surface area contributed by atoms with E-state index in [1.165, 1.54) is 0 Å². The second-order valence-electron chi connectivity index (χ2n) is 3.84. The first-order valence-electron chi connectivity index (χ1n) is 5.74. The Labute approximate surface area is 107 Å². The van der Waals surface area contributed by atoms with Gasteiger partial charge in [-0.2, -0.15) is 5.10 Å². The number of hydrogen-bond donors (Lipinski definition) is 2. The van der Waals surface area contributed by atoms with Crippen molar-refractivity contribution < 1.29 is 9.84 Å². The van der Waals surface area contributed by atoms with Crippen LogP contribution in [0.5, 0.6) is 0 Å². The van der Waals surface area contributed by atoms with Crippen molar-refractivity contribution in [3.8, 4) is 0 Å². The fourth-order valence-electron chi connectivity index (χ4n) is 1.55. The number of aryl methyl sites for hydroxylation is 2. The molecule has 98 valence electrons. The van der Waals surface area contributed by atoms with E-state index in [0.717, 1.165) is 30.8 Å². The number of nitrogens with zero attached hydrogens (tertiary/aromatic N) is 2. The van der Waals surface area contributed by atoms with Gasteiger partial charge in [0, 0.05) is 25.8 Å². The van der Waals surface area contributed by atoms with Gasteiger partial charge in [-0.25, -0.2) is 0 Å². The lowest BCUT2D eigenvalue weighted by Crippen LogP contribution is -2.17. The summed E-state index contributed by atoms with van der Waals surface area (Å²) in [5.74, 6) is 0. The van der Waals surface area contributed by atoms with E-state index in [1.54, 1.807) is 4.68 Å². The third-order valence-corrected chi connectivity index (χ3v) is 2.92. The average Bonchev–Trinajstić information content (AvgIpc) is 2.54. The van der Waals surface area contributed by atoms with Crippen molar-refractivity contribution in [3.05, 3.63) is 16.4 Å². The van der Waals surface area contributed by atoms with Crippen molar-refractivity contribution in [2.24, 2.45) is 7.05 Å². The molecule has 0 atom stereocenters. The summed E-state index contributed by atoms with van der Waals surface area (Å²) in [5, 5.41) is 16.7. The quantitative estimate of drug-likeness (QED) is 0.682. The molecular formula is C11H20ClN3O2. The van der Waals surface area contributed by atoms with Crippen LogP contribution < -0.4 is 5.32 Å². The van der Waals surface area contributed by atoms with E-state index < -0.39 is 0 Å². The van der Waals surface area contributed by atoms with E-state index in [9.17, 15) is 0 Å². The molecule has 17 heavy (non-hydrogen) atoms. The zero-order valence-electron chi connectivity index (χ0n) is 10.4. The Morgan fingerprint density at radius 1 is 1.47 bits per heavy atom. The summed E-state index contributed by atoms with van der Waals surface area (Å²) in [6, 6.07) is 0. The van der Waals surface area contributed by atoms with Gasteiger partial charge in [-0.1, -0.05) is 11.6 Å². The van der Waals surface area contributed by atoms with Crippen LogP contribution in [-0.2, 0) is 18.3 Å². The van der Waals surface area contributed by atoms with Crippen molar-refractivity contribution in [2.75, 3.05) is 26.4 Å². The highest BCUT2D eigenvalue weighted by Crippen LogP contribution is 2.17. The molecule has 0 aliphatic carbocycles. The predicted molar refractivity (Wildman–Crippen MR) is 67.2 cm³/mol. The van der Waals surface area contributed by atoms with Crippen LogP contribution in [0, 0.1) is 6.92 Å². The van der Waals surface area contributed by atoms with Gasteiger partial charge in [-0.3, -0.25) is 4.68 Å². The Morgan fingerprint density at radius 3 is 2.82 bits per heavy atom. The average molecular weight is 262 g/mol. The molecule has 0 saturated carbocycles. The van der Waals surface area contributed by atoms with Crippen LogP contribution >= 0.6 is 11.6 Å². The van der Waals surface area contributed by atoms with E-state index in [0.29, 0.717) is 18.4 Å². The highest BCUT2D eigenvalue weighted by molar-refractivity contribution is 6.30. The van der Waals surface area contributed by atoms with Crippen LogP contribution in [-0.4, -0.2) is 41.3 Å². The van der Waals surface area contributed by atoms with E-state index >= 15 is 0 Å². The molecule has 0 radical (unpaired) electrons. The van der Waals surface area contributed by atoms with Crippen LogP contribution in [0.1, 0.15) is 17.7 Å². The first-order chi connectivity index (χ1) is 8.16. The summed E-state index contributed by atoms with van der Waals surface area (Å²) in [5.41, 5.74) is 2.01. The molecule has 2 N–H and O–H groups in total. The van der Waals surface area contributed by atoms with Crippen molar-refractivity contribution in [3.63, 3.8) is 0 Å². The van der Waals surface area contributed by atoms with Crippen molar-refractivity contribution in [2.45, 2.75) is 19.9 Å². The Hall–Kier alpha value is -0.620. The molecule has 6 heteroatoms. The molecular weight excluding hydrogens is 242 g/mol. The maximum absolute atomic E-state index is 8.52. The maximum atomic E-state index is 8.52. The summed E-state index contributed by atoms with van der Waals surface area (Å²) in [6.45, 7) is 4.68. The Kier molecular flexibility index (Phi) is 6.50. The lowest BCUT2D eigenvalue weighted by atomic mass is 10.2. The number of ether oxygens (including phenoxy) is 1. The van der Waals surface area contributed by atoms with Gasteiger partial charge < -0.3 is 15.2 Å². The van der Waals surface area contributed by atoms with Gasteiger partial charge in [0.05, 0.1) is 18.9 Å². The molecule has 0 spiro atoms. The smallest absolute Gasteiger partial charge is 0.131 e. The minimum atomic E-state index is 0.0813.